The Labute approximate surface area is 226 Å². The molecule has 2 aromatic carbocycles. The monoisotopic (exact) mass is 535 g/mol. The first-order valence-corrected chi connectivity index (χ1v) is 14.8. The van der Waals surface area contributed by atoms with Crippen molar-refractivity contribution >= 4 is 27.2 Å². The van der Waals surface area contributed by atoms with Crippen LogP contribution in [0.5, 0.6) is 0 Å². The summed E-state index contributed by atoms with van der Waals surface area (Å²) >= 11 is 0. The Morgan fingerprint density at radius 3 is 2.37 bits per heavy atom. The van der Waals surface area contributed by atoms with Crippen LogP contribution in [0.1, 0.15) is 48.8 Å². The smallest absolute Gasteiger partial charge is 0.227 e. The van der Waals surface area contributed by atoms with Gasteiger partial charge in [0.2, 0.25) is 5.95 Å². The summed E-state index contributed by atoms with van der Waals surface area (Å²) < 4.78 is 30.4. The second-order valence-corrected chi connectivity index (χ2v) is 14.0. The fraction of sp³-hybridized carbons (Fsp3) is 0.448. The number of piperazine rings is 1. The molecule has 0 amide bonds. The zero-order chi connectivity index (χ0) is 26.9. The first-order chi connectivity index (χ1) is 18.1. The van der Waals surface area contributed by atoms with Crippen molar-refractivity contribution in [3.63, 3.8) is 0 Å². The Morgan fingerprint density at radius 1 is 0.947 bits per heavy atom. The van der Waals surface area contributed by atoms with Gasteiger partial charge in [0.1, 0.15) is 0 Å². The molecule has 2 aliphatic heterocycles. The van der Waals surface area contributed by atoms with E-state index in [0.717, 1.165) is 59.9 Å². The topological polar surface area (TPSA) is 87.7 Å². The van der Waals surface area contributed by atoms with Crippen LogP contribution in [0.15, 0.2) is 48.5 Å². The summed E-state index contributed by atoms with van der Waals surface area (Å²) in [7, 11) is -1.10. The third-order valence-corrected chi connectivity index (χ3v) is 9.89. The quantitative estimate of drug-likeness (QED) is 0.479. The van der Waals surface area contributed by atoms with E-state index in [1.165, 1.54) is 5.69 Å². The summed E-state index contributed by atoms with van der Waals surface area (Å²) in [4.78, 5) is 14.3. The van der Waals surface area contributed by atoms with Crippen LogP contribution in [-0.2, 0) is 40.0 Å². The number of rotatable bonds is 7. The van der Waals surface area contributed by atoms with Crippen LogP contribution < -0.4 is 10.2 Å². The SMILES string of the molecule is CN1CCN(c2ccc(Nc3nc4c(c(Cc5cccc(CS(=O)(=O)C(C)(C)C)c5)n3)COC4)cc2)CC1. The van der Waals surface area contributed by atoms with Crippen molar-refractivity contribution in [2.45, 2.75) is 50.9 Å². The van der Waals surface area contributed by atoms with E-state index in [1.54, 1.807) is 20.8 Å². The van der Waals surface area contributed by atoms with Crippen LogP contribution in [0.3, 0.4) is 0 Å². The average Bonchev–Trinajstić information content (AvgIpc) is 3.33. The molecule has 1 aromatic heterocycles. The van der Waals surface area contributed by atoms with Crippen molar-refractivity contribution in [2.24, 2.45) is 0 Å². The highest BCUT2D eigenvalue weighted by Crippen LogP contribution is 2.27. The molecule has 202 valence electrons. The van der Waals surface area contributed by atoms with E-state index in [9.17, 15) is 8.42 Å². The zero-order valence-corrected chi connectivity index (χ0v) is 23.5. The van der Waals surface area contributed by atoms with E-state index in [2.05, 4.69) is 46.4 Å². The molecule has 0 unspecified atom stereocenters. The van der Waals surface area contributed by atoms with E-state index in [-0.39, 0.29) is 5.75 Å². The third-order valence-electron chi connectivity index (χ3n) is 7.31. The molecule has 5 rings (SSSR count). The number of ether oxygens (including phenoxy) is 1. The molecule has 0 saturated carbocycles. The number of likely N-dealkylation sites (N-methyl/N-ethyl adjacent to an activating group) is 1. The lowest BCUT2D eigenvalue weighted by molar-refractivity contribution is 0.133. The van der Waals surface area contributed by atoms with Crippen LogP contribution in [0.2, 0.25) is 0 Å². The summed E-state index contributed by atoms with van der Waals surface area (Å²) in [6.07, 6.45) is 0.578. The maximum atomic E-state index is 12.7. The number of fused-ring (bicyclic) bond motifs is 1. The molecule has 0 spiro atoms. The highest BCUT2D eigenvalue weighted by molar-refractivity contribution is 7.91. The minimum atomic E-state index is -3.26. The standard InChI is InChI=1S/C29H37N5O3S/c1-29(2,3)38(35,36)20-22-7-5-6-21(16-22)17-26-25-18-37-19-27(25)32-28(31-26)30-23-8-10-24(11-9-23)34-14-12-33(4)13-15-34/h5-11,16H,12-15,17-20H2,1-4H3,(H,30,31,32). The van der Waals surface area contributed by atoms with Crippen molar-refractivity contribution in [2.75, 3.05) is 43.4 Å². The number of benzene rings is 2. The fourth-order valence-electron chi connectivity index (χ4n) is 4.73. The van der Waals surface area contributed by atoms with Crippen molar-refractivity contribution in [3.05, 3.63) is 76.6 Å². The highest BCUT2D eigenvalue weighted by atomic mass is 32.2. The molecule has 9 heteroatoms. The summed E-state index contributed by atoms with van der Waals surface area (Å²) in [5.41, 5.74) is 6.79. The van der Waals surface area contributed by atoms with Crippen molar-refractivity contribution in [1.29, 1.82) is 0 Å². The lowest BCUT2D eigenvalue weighted by Gasteiger charge is -2.34. The number of sulfone groups is 1. The predicted octanol–water partition coefficient (Wildman–Crippen LogP) is 4.31. The number of anilines is 3. The Hall–Kier alpha value is -3.01. The minimum absolute atomic E-state index is 0.0201. The van der Waals surface area contributed by atoms with Gasteiger partial charge in [0.25, 0.3) is 0 Å². The van der Waals surface area contributed by atoms with Gasteiger partial charge in [-0.05, 0) is 63.2 Å². The summed E-state index contributed by atoms with van der Waals surface area (Å²) in [6.45, 7) is 10.4. The van der Waals surface area contributed by atoms with E-state index < -0.39 is 14.6 Å². The highest BCUT2D eigenvalue weighted by Gasteiger charge is 2.29. The Balaban J connectivity index is 1.33. The maximum Gasteiger partial charge on any atom is 0.227 e. The Bertz CT molecular complexity index is 1390. The number of hydrogen-bond acceptors (Lipinski definition) is 8. The van der Waals surface area contributed by atoms with Gasteiger partial charge in [0.05, 0.1) is 35.1 Å². The van der Waals surface area contributed by atoms with Crippen LogP contribution in [-0.4, -0.2) is 61.3 Å². The van der Waals surface area contributed by atoms with E-state index >= 15 is 0 Å². The molecule has 8 nitrogen and oxygen atoms in total. The molecular formula is C29H37N5O3S. The van der Waals surface area contributed by atoms with Gasteiger partial charge in [-0.2, -0.15) is 0 Å². The summed E-state index contributed by atoms with van der Waals surface area (Å²) in [5, 5.41) is 3.37. The fourth-order valence-corrected chi connectivity index (χ4v) is 5.78. The van der Waals surface area contributed by atoms with Gasteiger partial charge in [-0.15, -0.1) is 0 Å². The second-order valence-electron chi connectivity index (χ2n) is 11.2. The van der Waals surface area contributed by atoms with Gasteiger partial charge in [0, 0.05) is 49.5 Å². The molecule has 1 fully saturated rings. The average molecular weight is 536 g/mol. The van der Waals surface area contributed by atoms with Gasteiger partial charge in [-0.25, -0.2) is 18.4 Å². The van der Waals surface area contributed by atoms with E-state index in [0.29, 0.717) is 25.6 Å². The van der Waals surface area contributed by atoms with Crippen molar-refractivity contribution < 1.29 is 13.2 Å². The summed E-state index contributed by atoms with van der Waals surface area (Å²) in [5.74, 6) is 0.565. The Morgan fingerprint density at radius 2 is 1.66 bits per heavy atom. The van der Waals surface area contributed by atoms with Crippen molar-refractivity contribution in [3.8, 4) is 0 Å². The predicted molar refractivity (Wildman–Crippen MR) is 152 cm³/mol. The normalized spacial score (nSPS) is 16.5. The first-order valence-electron chi connectivity index (χ1n) is 13.1. The molecule has 38 heavy (non-hydrogen) atoms. The van der Waals surface area contributed by atoms with Gasteiger partial charge in [-0.1, -0.05) is 24.3 Å². The number of hydrogen-bond donors (Lipinski definition) is 1. The van der Waals surface area contributed by atoms with Crippen LogP contribution >= 0.6 is 0 Å². The molecule has 2 aliphatic rings. The minimum Gasteiger partial charge on any atom is -0.370 e. The second kappa shape index (κ2) is 10.6. The lowest BCUT2D eigenvalue weighted by Crippen LogP contribution is -2.44. The molecular weight excluding hydrogens is 498 g/mol. The maximum absolute atomic E-state index is 12.7. The number of aromatic nitrogens is 2. The van der Waals surface area contributed by atoms with E-state index in [4.69, 9.17) is 14.7 Å². The van der Waals surface area contributed by atoms with Crippen LogP contribution in [0, 0.1) is 0 Å². The molecule has 1 saturated heterocycles. The van der Waals surface area contributed by atoms with Gasteiger partial charge in [0.15, 0.2) is 9.84 Å². The van der Waals surface area contributed by atoms with Gasteiger partial charge < -0.3 is 19.9 Å². The molecule has 3 aromatic rings. The zero-order valence-electron chi connectivity index (χ0n) is 22.7. The molecule has 0 aliphatic carbocycles. The van der Waals surface area contributed by atoms with Crippen LogP contribution in [0.25, 0.3) is 0 Å². The molecule has 0 atom stereocenters. The number of nitrogens with one attached hydrogen (secondary N) is 1. The van der Waals surface area contributed by atoms with Gasteiger partial charge in [-0.3, -0.25) is 0 Å². The van der Waals surface area contributed by atoms with Gasteiger partial charge >= 0.3 is 0 Å². The van der Waals surface area contributed by atoms with Crippen LogP contribution in [0.4, 0.5) is 17.3 Å². The summed E-state index contributed by atoms with van der Waals surface area (Å²) in [6, 6.07) is 16.2. The molecule has 1 N–H and O–H groups in total. The first kappa shape index (κ1) is 26.6. The Kier molecular flexibility index (Phi) is 7.44. The lowest BCUT2D eigenvalue weighted by atomic mass is 10.0. The largest absolute Gasteiger partial charge is 0.370 e. The molecule has 3 heterocycles. The molecule has 0 bridgehead atoms. The van der Waals surface area contributed by atoms with E-state index in [1.807, 2.05) is 24.3 Å². The number of nitrogens with zero attached hydrogens (tertiary/aromatic N) is 4. The van der Waals surface area contributed by atoms with Crippen molar-refractivity contribution in [1.82, 2.24) is 14.9 Å². The third kappa shape index (κ3) is 6.00. The molecule has 0 radical (unpaired) electrons.